The third-order valence-corrected chi connectivity index (χ3v) is 13.2. The molecule has 0 saturated heterocycles. The summed E-state index contributed by atoms with van der Waals surface area (Å²) in [5.41, 5.74) is 3.93. The Kier molecular flexibility index (Phi) is 13.6. The standard InChI is InChI=1S/C24H21N5O17S6/c25-21-20-13(9-18(51(37,38)39)22(21)28-26-14-1-5-16(6-2-14)47(33)11-49(35)45-43-31)10-19(52(40,41)42)23(24(20)30)29-27-15-3-7-17(8-4-15)48(34)12-50(36)46-44-32/h1-10,30-32H,11-12,25H2,(H,37,38,39)(H,40,41,42). The van der Waals surface area contributed by atoms with Crippen molar-refractivity contribution in [2.45, 2.75) is 19.6 Å². The van der Waals surface area contributed by atoms with E-state index in [9.17, 15) is 47.9 Å². The van der Waals surface area contributed by atoms with Gasteiger partial charge in [0.1, 0.15) is 31.3 Å². The van der Waals surface area contributed by atoms with Gasteiger partial charge in [-0.2, -0.15) is 27.1 Å². The molecule has 4 aromatic carbocycles. The smallest absolute Gasteiger partial charge is 0.296 e. The van der Waals surface area contributed by atoms with Gasteiger partial charge in [-0.05, 0) is 66.0 Å². The van der Waals surface area contributed by atoms with Crippen molar-refractivity contribution in [3.63, 3.8) is 0 Å². The zero-order valence-corrected chi connectivity index (χ0v) is 30.0. The van der Waals surface area contributed by atoms with Crippen LogP contribution >= 0.6 is 0 Å². The Morgan fingerprint density at radius 1 is 0.635 bits per heavy atom. The molecule has 4 aromatic rings. The molecule has 0 fully saturated rings. The molecule has 0 amide bonds. The van der Waals surface area contributed by atoms with Gasteiger partial charge in [0.25, 0.3) is 20.2 Å². The number of nitrogens with zero attached hydrogens (tertiary/aromatic N) is 4. The third-order valence-electron chi connectivity index (χ3n) is 6.22. The first-order valence-corrected chi connectivity index (χ1v) is 21.1. The molecule has 0 bridgehead atoms. The first kappa shape index (κ1) is 40.9. The molecular formula is C24H21N5O17S6. The van der Waals surface area contributed by atoms with E-state index in [0.29, 0.717) is 12.1 Å². The van der Waals surface area contributed by atoms with Crippen molar-refractivity contribution in [3.05, 3.63) is 60.7 Å². The Bertz CT molecular complexity index is 2210. The van der Waals surface area contributed by atoms with Crippen molar-refractivity contribution < 1.29 is 77.1 Å². The van der Waals surface area contributed by atoms with Gasteiger partial charge in [0.15, 0.2) is 5.75 Å². The van der Waals surface area contributed by atoms with Gasteiger partial charge in [-0.15, -0.1) is 18.9 Å². The summed E-state index contributed by atoms with van der Waals surface area (Å²) in [5, 5.41) is 47.2. The lowest BCUT2D eigenvalue weighted by atomic mass is 10.1. The van der Waals surface area contributed by atoms with Crippen LogP contribution in [0.25, 0.3) is 10.8 Å². The molecule has 0 saturated carbocycles. The molecule has 7 N–H and O–H groups in total. The maximum absolute atomic E-state index is 12.3. The summed E-state index contributed by atoms with van der Waals surface area (Å²) < 4.78 is 125. The second-order valence-corrected chi connectivity index (χ2v) is 17.9. The normalized spacial score (nSPS) is 14.9. The number of hydrogen-bond acceptors (Lipinski definition) is 20. The summed E-state index contributed by atoms with van der Waals surface area (Å²) in [6, 6.07) is 11.4. The lowest BCUT2D eigenvalue weighted by molar-refractivity contribution is -0.434. The van der Waals surface area contributed by atoms with Crippen LogP contribution in [0.3, 0.4) is 0 Å². The Labute approximate surface area is 301 Å². The average molecular weight is 844 g/mol. The first-order valence-electron chi connectivity index (χ1n) is 13.1. The molecule has 4 atom stereocenters. The van der Waals surface area contributed by atoms with Crippen LogP contribution in [0.1, 0.15) is 0 Å². The van der Waals surface area contributed by atoms with Gasteiger partial charge in [-0.1, -0.05) is 10.1 Å². The van der Waals surface area contributed by atoms with Crippen LogP contribution in [0.2, 0.25) is 0 Å². The number of phenols is 1. The molecule has 52 heavy (non-hydrogen) atoms. The summed E-state index contributed by atoms with van der Waals surface area (Å²) in [4.78, 5) is -1.80. The van der Waals surface area contributed by atoms with Gasteiger partial charge in [0, 0.05) is 9.79 Å². The number of nitrogen functional groups attached to an aromatic ring is 1. The Morgan fingerprint density at radius 3 is 1.40 bits per heavy atom. The molecule has 0 aliphatic rings. The minimum Gasteiger partial charge on any atom is -0.505 e. The number of hydrogen-bond donors (Lipinski definition) is 6. The number of azo groups is 2. The van der Waals surface area contributed by atoms with E-state index in [1.807, 2.05) is 0 Å². The Morgan fingerprint density at radius 2 is 1.02 bits per heavy atom. The Balaban J connectivity index is 1.77. The lowest BCUT2D eigenvalue weighted by Crippen LogP contribution is -2.07. The van der Waals surface area contributed by atoms with E-state index in [2.05, 4.69) is 39.2 Å². The van der Waals surface area contributed by atoms with Crippen molar-refractivity contribution in [1.82, 2.24) is 0 Å². The van der Waals surface area contributed by atoms with Gasteiger partial charge >= 0.3 is 0 Å². The van der Waals surface area contributed by atoms with E-state index < -0.39 is 118 Å². The summed E-state index contributed by atoms with van der Waals surface area (Å²) >= 11 is -4.52. The maximum atomic E-state index is 12.3. The zero-order valence-electron chi connectivity index (χ0n) is 25.1. The van der Waals surface area contributed by atoms with E-state index in [1.54, 1.807) is 0 Å². The number of fused-ring (bicyclic) bond motifs is 1. The number of anilines is 1. The van der Waals surface area contributed by atoms with Crippen LogP contribution in [-0.2, 0) is 82.7 Å². The fraction of sp³-hybridized carbons (Fsp3) is 0.0833. The van der Waals surface area contributed by atoms with Crippen molar-refractivity contribution in [1.29, 1.82) is 0 Å². The average Bonchev–Trinajstić information content (AvgIpc) is 3.06. The van der Waals surface area contributed by atoms with Crippen LogP contribution in [0, 0.1) is 0 Å². The predicted octanol–water partition coefficient (Wildman–Crippen LogP) is 3.75. The third kappa shape index (κ3) is 10.2. The molecule has 4 rings (SSSR count). The van der Waals surface area contributed by atoms with Crippen LogP contribution in [0.4, 0.5) is 28.4 Å². The van der Waals surface area contributed by atoms with Gasteiger partial charge < -0.3 is 10.8 Å². The minimum absolute atomic E-state index is 0.00801. The largest absolute Gasteiger partial charge is 0.505 e. The minimum atomic E-state index is -5.20. The molecule has 28 heteroatoms. The Hall–Kier alpha value is -3.88. The highest BCUT2D eigenvalue weighted by Gasteiger charge is 2.28. The predicted molar refractivity (Wildman–Crippen MR) is 179 cm³/mol. The molecule has 0 aliphatic heterocycles. The number of rotatable bonds is 16. The maximum Gasteiger partial charge on any atom is 0.296 e. The molecule has 22 nitrogen and oxygen atoms in total. The van der Waals surface area contributed by atoms with E-state index in [0.717, 1.165) is 0 Å². The number of nitrogens with two attached hydrogens (primary N) is 1. The highest BCUT2D eigenvalue weighted by Crippen LogP contribution is 2.48. The van der Waals surface area contributed by atoms with Crippen LogP contribution in [0.15, 0.2) is 101 Å². The van der Waals surface area contributed by atoms with Gasteiger partial charge in [0.2, 0.25) is 22.2 Å². The van der Waals surface area contributed by atoms with Crippen LogP contribution in [-0.4, -0.2) is 68.6 Å². The van der Waals surface area contributed by atoms with Crippen molar-refractivity contribution in [2.75, 3.05) is 15.9 Å². The van der Waals surface area contributed by atoms with Gasteiger partial charge in [-0.3, -0.25) is 17.5 Å². The molecule has 0 spiro atoms. The van der Waals surface area contributed by atoms with Crippen molar-refractivity contribution in [2.24, 2.45) is 20.5 Å². The lowest BCUT2D eigenvalue weighted by Gasteiger charge is -2.14. The second-order valence-electron chi connectivity index (χ2n) is 9.46. The highest BCUT2D eigenvalue weighted by molar-refractivity contribution is 8.00. The molecule has 4 unspecified atom stereocenters. The van der Waals surface area contributed by atoms with E-state index in [4.69, 9.17) is 16.2 Å². The molecular weight excluding hydrogens is 823 g/mol. The number of aromatic hydroxyl groups is 1. The quantitative estimate of drug-likeness (QED) is 0.0307. The fourth-order valence-electron chi connectivity index (χ4n) is 4.07. The van der Waals surface area contributed by atoms with Crippen LogP contribution < -0.4 is 5.73 Å². The van der Waals surface area contributed by atoms with Gasteiger partial charge in [0.05, 0.1) is 44.0 Å². The summed E-state index contributed by atoms with van der Waals surface area (Å²) in [6.45, 7) is 0. The van der Waals surface area contributed by atoms with E-state index in [-0.39, 0.29) is 21.2 Å². The van der Waals surface area contributed by atoms with Crippen LogP contribution in [0.5, 0.6) is 5.75 Å². The first-order chi connectivity index (χ1) is 24.4. The number of phenolic OH excluding ortho intramolecular Hbond substituents is 1. The van der Waals surface area contributed by atoms with E-state index >= 15 is 0 Å². The molecule has 0 heterocycles. The fourth-order valence-corrected chi connectivity index (χ4v) is 9.21. The van der Waals surface area contributed by atoms with Crippen molar-refractivity contribution in [3.8, 4) is 5.75 Å². The molecule has 0 aliphatic carbocycles. The summed E-state index contributed by atoms with van der Waals surface area (Å²) in [5.74, 6) is -1.03. The summed E-state index contributed by atoms with van der Waals surface area (Å²) in [6.07, 6.45) is 0. The monoisotopic (exact) mass is 843 g/mol. The molecule has 280 valence electrons. The van der Waals surface area contributed by atoms with Gasteiger partial charge in [-0.25, -0.2) is 18.9 Å². The van der Waals surface area contributed by atoms with E-state index in [1.165, 1.54) is 48.5 Å². The van der Waals surface area contributed by atoms with Crippen molar-refractivity contribution >= 4 is 103 Å². The SMILES string of the molecule is Nc1c(N=Nc2ccc(S(=O)CS(=O)OOO)cc2)c(S(=O)(=O)O)cc2cc(S(=O)(=O)O)c(N=Nc3ccc(S(=O)CS(=O)OOO)cc3)c(O)c12. The molecule has 0 radical (unpaired) electrons. The zero-order chi connectivity index (χ0) is 38.4. The molecule has 0 aromatic heterocycles. The summed E-state index contributed by atoms with van der Waals surface area (Å²) in [7, 11) is -14.2. The number of benzene rings is 4. The highest BCUT2D eigenvalue weighted by atomic mass is 32.3. The second kappa shape index (κ2) is 17.3. The topological polar surface area (TPSA) is 350 Å².